The van der Waals surface area contributed by atoms with E-state index in [1.807, 2.05) is 19.1 Å². The van der Waals surface area contributed by atoms with Crippen LogP contribution in [0.1, 0.15) is 31.4 Å². The maximum atomic E-state index is 5.81. The van der Waals surface area contributed by atoms with E-state index in [-0.39, 0.29) is 24.0 Å². The Labute approximate surface area is 132 Å². The molecule has 1 rings (SSSR count). The number of halogens is 1. The van der Waals surface area contributed by atoms with Gasteiger partial charge in [-0.15, -0.1) is 24.0 Å². The summed E-state index contributed by atoms with van der Waals surface area (Å²) in [6.45, 7) is 6.79. The minimum Gasteiger partial charge on any atom is -0.497 e. The van der Waals surface area contributed by atoms with Gasteiger partial charge in [-0.3, -0.25) is 0 Å². The van der Waals surface area contributed by atoms with Crippen LogP contribution in [0.3, 0.4) is 0 Å². The maximum Gasteiger partial charge on any atom is 0.189 e. The van der Waals surface area contributed by atoms with Crippen LogP contribution >= 0.6 is 24.0 Å². The molecule has 0 fully saturated rings. The first-order valence-corrected chi connectivity index (χ1v) is 6.26. The zero-order valence-electron chi connectivity index (χ0n) is 12.1. The Bertz CT molecular complexity index is 421. The first kappa shape index (κ1) is 18.0. The van der Waals surface area contributed by atoms with Crippen molar-refractivity contribution in [3.63, 3.8) is 0 Å². The lowest BCUT2D eigenvalue weighted by atomic mass is 10.1. The number of guanidine groups is 1. The molecule has 0 aliphatic carbocycles. The van der Waals surface area contributed by atoms with Gasteiger partial charge in [0.25, 0.3) is 0 Å². The van der Waals surface area contributed by atoms with Gasteiger partial charge in [0, 0.05) is 6.04 Å². The average Bonchev–Trinajstić information content (AvgIpc) is 2.35. The predicted molar refractivity (Wildman–Crippen MR) is 91.4 cm³/mol. The van der Waals surface area contributed by atoms with Gasteiger partial charge in [0.05, 0.1) is 13.7 Å². The Morgan fingerprint density at radius 2 is 2.11 bits per heavy atom. The summed E-state index contributed by atoms with van der Waals surface area (Å²) in [5.41, 5.74) is 8.07. The van der Waals surface area contributed by atoms with Crippen molar-refractivity contribution in [2.75, 3.05) is 7.11 Å². The molecule has 0 radical (unpaired) electrons. The lowest BCUT2D eigenvalue weighted by Crippen LogP contribution is -2.38. The van der Waals surface area contributed by atoms with Crippen molar-refractivity contribution in [2.45, 2.75) is 39.8 Å². The van der Waals surface area contributed by atoms with Gasteiger partial charge < -0.3 is 15.8 Å². The van der Waals surface area contributed by atoms with E-state index in [2.05, 4.69) is 30.2 Å². The number of ether oxygens (including phenoxy) is 1. The fraction of sp³-hybridized carbons (Fsp3) is 0.500. The fourth-order valence-electron chi connectivity index (χ4n) is 1.61. The molecule has 0 amide bonds. The Morgan fingerprint density at radius 3 is 2.68 bits per heavy atom. The second-order valence-electron chi connectivity index (χ2n) is 4.51. The molecule has 0 heterocycles. The Hall–Kier alpha value is -0.980. The van der Waals surface area contributed by atoms with Gasteiger partial charge in [0.15, 0.2) is 5.96 Å². The molecule has 1 unspecified atom stereocenters. The van der Waals surface area contributed by atoms with Gasteiger partial charge in [-0.1, -0.05) is 13.0 Å². The molecule has 4 nitrogen and oxygen atoms in total. The molecule has 108 valence electrons. The molecule has 0 aliphatic rings. The second kappa shape index (κ2) is 9.01. The summed E-state index contributed by atoms with van der Waals surface area (Å²) in [6, 6.07) is 6.41. The van der Waals surface area contributed by atoms with Gasteiger partial charge in [0.2, 0.25) is 0 Å². The van der Waals surface area contributed by atoms with E-state index in [0.29, 0.717) is 18.5 Å². The monoisotopic (exact) mass is 377 g/mol. The normalized spacial score (nSPS) is 12.5. The van der Waals surface area contributed by atoms with Crippen LogP contribution in [0.15, 0.2) is 23.2 Å². The van der Waals surface area contributed by atoms with Crippen molar-refractivity contribution < 1.29 is 4.74 Å². The number of nitrogens with one attached hydrogen (secondary N) is 1. The van der Waals surface area contributed by atoms with Gasteiger partial charge in [-0.2, -0.15) is 0 Å². The van der Waals surface area contributed by atoms with E-state index in [0.717, 1.165) is 23.3 Å². The minimum absolute atomic E-state index is 0. The van der Waals surface area contributed by atoms with Crippen molar-refractivity contribution >= 4 is 29.9 Å². The third-order valence-corrected chi connectivity index (χ3v) is 2.78. The van der Waals surface area contributed by atoms with E-state index in [1.54, 1.807) is 7.11 Å². The summed E-state index contributed by atoms with van der Waals surface area (Å²) < 4.78 is 5.23. The molecule has 19 heavy (non-hydrogen) atoms. The number of methoxy groups -OCH3 is 1. The van der Waals surface area contributed by atoms with Crippen LogP contribution in [0.25, 0.3) is 0 Å². The summed E-state index contributed by atoms with van der Waals surface area (Å²) in [5, 5.41) is 3.14. The Balaban J connectivity index is 0.00000324. The molecule has 0 bridgehead atoms. The summed E-state index contributed by atoms with van der Waals surface area (Å²) in [5.74, 6) is 1.35. The van der Waals surface area contributed by atoms with Crippen LogP contribution in [-0.4, -0.2) is 19.1 Å². The van der Waals surface area contributed by atoms with Crippen LogP contribution in [0.4, 0.5) is 0 Å². The van der Waals surface area contributed by atoms with Crippen LogP contribution in [-0.2, 0) is 6.54 Å². The number of aryl methyl sites for hydroxylation is 1. The Kier molecular flexibility index (Phi) is 8.54. The highest BCUT2D eigenvalue weighted by atomic mass is 127. The number of hydrogen-bond acceptors (Lipinski definition) is 2. The molecule has 5 heteroatoms. The van der Waals surface area contributed by atoms with Crippen LogP contribution in [0.5, 0.6) is 5.75 Å². The highest BCUT2D eigenvalue weighted by Crippen LogP contribution is 2.16. The highest BCUT2D eigenvalue weighted by molar-refractivity contribution is 14.0. The Morgan fingerprint density at radius 1 is 1.42 bits per heavy atom. The zero-order chi connectivity index (χ0) is 13.5. The standard InChI is InChI=1S/C14H23N3O.HI/c1-5-11(3)17-14(15)16-9-12-6-10(2)7-13(8-12)18-4;/h6-8,11H,5,9H2,1-4H3,(H3,15,16,17);1H. The van der Waals surface area contributed by atoms with Crippen molar-refractivity contribution in [1.82, 2.24) is 5.32 Å². The smallest absolute Gasteiger partial charge is 0.189 e. The summed E-state index contributed by atoms with van der Waals surface area (Å²) in [6.07, 6.45) is 1.02. The molecule has 0 spiro atoms. The molecule has 0 aromatic heterocycles. The average molecular weight is 377 g/mol. The molecule has 0 saturated heterocycles. The van der Waals surface area contributed by atoms with Crippen molar-refractivity contribution in [3.8, 4) is 5.75 Å². The van der Waals surface area contributed by atoms with E-state index in [4.69, 9.17) is 10.5 Å². The predicted octanol–water partition coefficient (Wildman–Crippen LogP) is 2.82. The zero-order valence-corrected chi connectivity index (χ0v) is 14.4. The van der Waals surface area contributed by atoms with Crippen LogP contribution < -0.4 is 15.8 Å². The van der Waals surface area contributed by atoms with Crippen LogP contribution in [0, 0.1) is 6.92 Å². The van der Waals surface area contributed by atoms with E-state index in [1.165, 1.54) is 0 Å². The van der Waals surface area contributed by atoms with Crippen molar-refractivity contribution in [1.29, 1.82) is 0 Å². The summed E-state index contributed by atoms with van der Waals surface area (Å²) in [7, 11) is 1.67. The van der Waals surface area contributed by atoms with Gasteiger partial charge in [-0.25, -0.2) is 4.99 Å². The summed E-state index contributed by atoms with van der Waals surface area (Å²) in [4.78, 5) is 4.33. The molecular formula is C14H24IN3O. The highest BCUT2D eigenvalue weighted by Gasteiger charge is 2.01. The number of nitrogens with two attached hydrogens (primary N) is 1. The van der Waals surface area contributed by atoms with E-state index < -0.39 is 0 Å². The summed E-state index contributed by atoms with van der Waals surface area (Å²) >= 11 is 0. The van der Waals surface area contributed by atoms with E-state index in [9.17, 15) is 0 Å². The van der Waals surface area contributed by atoms with E-state index >= 15 is 0 Å². The minimum atomic E-state index is 0. The molecule has 0 saturated carbocycles. The largest absolute Gasteiger partial charge is 0.497 e. The molecule has 1 aromatic carbocycles. The SMILES string of the molecule is CCC(C)NC(N)=NCc1cc(C)cc(OC)c1.I. The topological polar surface area (TPSA) is 59.6 Å². The lowest BCUT2D eigenvalue weighted by Gasteiger charge is -2.12. The molecule has 3 N–H and O–H groups in total. The molecule has 1 atom stereocenters. The lowest BCUT2D eigenvalue weighted by molar-refractivity contribution is 0.414. The third kappa shape index (κ3) is 6.66. The quantitative estimate of drug-likeness (QED) is 0.471. The van der Waals surface area contributed by atoms with Gasteiger partial charge in [-0.05, 0) is 43.5 Å². The first-order valence-electron chi connectivity index (χ1n) is 6.26. The van der Waals surface area contributed by atoms with Crippen molar-refractivity contribution in [3.05, 3.63) is 29.3 Å². The fourth-order valence-corrected chi connectivity index (χ4v) is 1.61. The molecular weight excluding hydrogens is 353 g/mol. The maximum absolute atomic E-state index is 5.81. The van der Waals surface area contributed by atoms with Gasteiger partial charge in [0.1, 0.15) is 5.75 Å². The number of aliphatic imine (C=N–C) groups is 1. The van der Waals surface area contributed by atoms with Crippen LogP contribution in [0.2, 0.25) is 0 Å². The molecule has 0 aliphatic heterocycles. The van der Waals surface area contributed by atoms with Crippen molar-refractivity contribution in [2.24, 2.45) is 10.7 Å². The first-order chi connectivity index (χ1) is 8.55. The van der Waals surface area contributed by atoms with Gasteiger partial charge >= 0.3 is 0 Å². The number of nitrogens with zero attached hydrogens (tertiary/aromatic N) is 1. The number of benzene rings is 1. The second-order valence-corrected chi connectivity index (χ2v) is 4.51. The number of hydrogen-bond donors (Lipinski definition) is 2. The third-order valence-electron chi connectivity index (χ3n) is 2.78. The number of rotatable bonds is 5. The molecule has 1 aromatic rings.